The molecule has 0 aliphatic heterocycles. The molecule has 0 bridgehead atoms. The van der Waals surface area contributed by atoms with E-state index in [0.717, 1.165) is 5.56 Å². The predicted molar refractivity (Wildman–Crippen MR) is 102 cm³/mol. The number of hydrogen-bond acceptors (Lipinski definition) is 5. The van der Waals surface area contributed by atoms with Gasteiger partial charge in [0.1, 0.15) is 17.1 Å². The number of carbonyl (C=O) groups is 2. The first-order chi connectivity index (χ1) is 13.0. The van der Waals surface area contributed by atoms with Crippen molar-refractivity contribution in [1.29, 1.82) is 0 Å². The van der Waals surface area contributed by atoms with Crippen molar-refractivity contribution in [3.8, 4) is 11.5 Å². The SMILES string of the molecule is COc1ccc(OC)c(C(=O)OCC(=O)N(Cc2ccccc2)C(C)C)c1. The highest BCUT2D eigenvalue weighted by molar-refractivity contribution is 5.94. The molecule has 0 aliphatic carbocycles. The van der Waals surface area contributed by atoms with E-state index in [9.17, 15) is 9.59 Å². The van der Waals surface area contributed by atoms with Gasteiger partial charge in [0.15, 0.2) is 6.61 Å². The molecule has 2 rings (SSSR count). The van der Waals surface area contributed by atoms with Gasteiger partial charge in [-0.05, 0) is 37.6 Å². The molecule has 144 valence electrons. The van der Waals surface area contributed by atoms with Crippen molar-refractivity contribution >= 4 is 11.9 Å². The van der Waals surface area contributed by atoms with Crippen LogP contribution in [0.15, 0.2) is 48.5 Å². The number of amides is 1. The number of carbonyl (C=O) groups excluding carboxylic acids is 2. The van der Waals surface area contributed by atoms with Gasteiger partial charge in [-0.3, -0.25) is 4.79 Å². The summed E-state index contributed by atoms with van der Waals surface area (Å²) in [5.41, 5.74) is 1.23. The molecule has 0 saturated heterocycles. The van der Waals surface area contributed by atoms with E-state index >= 15 is 0 Å². The zero-order chi connectivity index (χ0) is 19.8. The van der Waals surface area contributed by atoms with Gasteiger partial charge >= 0.3 is 5.97 Å². The van der Waals surface area contributed by atoms with E-state index in [1.165, 1.54) is 20.3 Å². The maximum absolute atomic E-state index is 12.6. The molecule has 0 atom stereocenters. The number of esters is 1. The molecule has 0 aliphatic rings. The molecule has 27 heavy (non-hydrogen) atoms. The molecule has 0 N–H and O–H groups in total. The van der Waals surface area contributed by atoms with Crippen LogP contribution in [-0.2, 0) is 16.1 Å². The molecule has 0 radical (unpaired) electrons. The van der Waals surface area contributed by atoms with E-state index in [-0.39, 0.29) is 24.1 Å². The summed E-state index contributed by atoms with van der Waals surface area (Å²) in [6.07, 6.45) is 0. The molecule has 6 nitrogen and oxygen atoms in total. The molecular weight excluding hydrogens is 346 g/mol. The summed E-state index contributed by atoms with van der Waals surface area (Å²) < 4.78 is 15.5. The number of nitrogens with zero attached hydrogens (tertiary/aromatic N) is 1. The van der Waals surface area contributed by atoms with Gasteiger partial charge in [0, 0.05) is 12.6 Å². The molecule has 2 aromatic carbocycles. The third-order valence-corrected chi connectivity index (χ3v) is 4.09. The maximum Gasteiger partial charge on any atom is 0.342 e. The highest BCUT2D eigenvalue weighted by Gasteiger charge is 2.21. The molecule has 0 saturated carbocycles. The van der Waals surface area contributed by atoms with Crippen LogP contribution in [0.5, 0.6) is 11.5 Å². The van der Waals surface area contributed by atoms with Crippen LogP contribution in [0.2, 0.25) is 0 Å². The molecular formula is C21H25NO5. The van der Waals surface area contributed by atoms with E-state index in [0.29, 0.717) is 18.0 Å². The lowest BCUT2D eigenvalue weighted by Crippen LogP contribution is -2.39. The minimum absolute atomic E-state index is 0.0252. The third-order valence-electron chi connectivity index (χ3n) is 4.09. The number of rotatable bonds is 8. The van der Waals surface area contributed by atoms with Crippen molar-refractivity contribution in [2.45, 2.75) is 26.4 Å². The Kier molecular flexibility index (Phi) is 7.23. The molecule has 0 heterocycles. The fourth-order valence-corrected chi connectivity index (χ4v) is 2.60. The Hall–Kier alpha value is -3.02. The number of ether oxygens (including phenoxy) is 3. The van der Waals surface area contributed by atoms with E-state index in [4.69, 9.17) is 14.2 Å². The third kappa shape index (κ3) is 5.48. The van der Waals surface area contributed by atoms with Gasteiger partial charge in [-0.15, -0.1) is 0 Å². The van der Waals surface area contributed by atoms with Crippen molar-refractivity contribution < 1.29 is 23.8 Å². The van der Waals surface area contributed by atoms with Gasteiger partial charge in [-0.2, -0.15) is 0 Å². The van der Waals surface area contributed by atoms with E-state index < -0.39 is 5.97 Å². The minimum Gasteiger partial charge on any atom is -0.497 e. The second kappa shape index (κ2) is 9.62. The van der Waals surface area contributed by atoms with Crippen LogP contribution >= 0.6 is 0 Å². The summed E-state index contributed by atoms with van der Waals surface area (Å²) >= 11 is 0. The molecule has 2 aromatic rings. The Morgan fingerprint density at radius 3 is 2.30 bits per heavy atom. The zero-order valence-electron chi connectivity index (χ0n) is 16.1. The Bertz CT molecular complexity index is 773. The van der Waals surface area contributed by atoms with Crippen molar-refractivity contribution in [1.82, 2.24) is 4.90 Å². The fraction of sp³-hybridized carbons (Fsp3) is 0.333. The number of benzene rings is 2. The van der Waals surface area contributed by atoms with Crippen LogP contribution in [0.1, 0.15) is 29.8 Å². The molecule has 1 amide bonds. The Labute approximate surface area is 159 Å². The highest BCUT2D eigenvalue weighted by Crippen LogP contribution is 2.24. The van der Waals surface area contributed by atoms with Crippen LogP contribution in [0, 0.1) is 0 Å². The molecule has 0 fully saturated rings. The van der Waals surface area contributed by atoms with Crippen LogP contribution < -0.4 is 9.47 Å². The first-order valence-corrected chi connectivity index (χ1v) is 8.68. The minimum atomic E-state index is -0.637. The quantitative estimate of drug-likeness (QED) is 0.666. The highest BCUT2D eigenvalue weighted by atomic mass is 16.5. The van der Waals surface area contributed by atoms with E-state index in [2.05, 4.69) is 0 Å². The van der Waals surface area contributed by atoms with Gasteiger partial charge in [0.05, 0.1) is 14.2 Å². The summed E-state index contributed by atoms with van der Waals surface area (Å²) in [4.78, 5) is 26.7. The summed E-state index contributed by atoms with van der Waals surface area (Å²) in [5.74, 6) is -0.0354. The molecule has 6 heteroatoms. The van der Waals surface area contributed by atoms with Crippen molar-refractivity contribution in [2.24, 2.45) is 0 Å². The Balaban J connectivity index is 2.05. The van der Waals surface area contributed by atoms with Gasteiger partial charge in [-0.25, -0.2) is 4.79 Å². The fourth-order valence-electron chi connectivity index (χ4n) is 2.60. The first-order valence-electron chi connectivity index (χ1n) is 8.68. The second-order valence-corrected chi connectivity index (χ2v) is 6.24. The largest absolute Gasteiger partial charge is 0.497 e. The van der Waals surface area contributed by atoms with Crippen molar-refractivity contribution in [3.05, 3.63) is 59.7 Å². The average Bonchev–Trinajstić information content (AvgIpc) is 2.69. The van der Waals surface area contributed by atoms with Crippen LogP contribution in [-0.4, -0.2) is 43.6 Å². The standard InChI is InChI=1S/C21H25NO5/c1-15(2)22(13-16-8-6-5-7-9-16)20(23)14-27-21(24)18-12-17(25-3)10-11-19(18)26-4/h5-12,15H,13-14H2,1-4H3. The first kappa shape index (κ1) is 20.3. The summed E-state index contributed by atoms with van der Waals surface area (Å²) in [5, 5.41) is 0. The molecule has 0 unspecified atom stereocenters. The van der Waals surface area contributed by atoms with Gasteiger partial charge in [0.2, 0.25) is 0 Å². The maximum atomic E-state index is 12.6. The average molecular weight is 371 g/mol. The monoisotopic (exact) mass is 371 g/mol. The summed E-state index contributed by atoms with van der Waals surface area (Å²) in [6, 6.07) is 14.5. The van der Waals surface area contributed by atoms with Crippen LogP contribution in [0.4, 0.5) is 0 Å². The lowest BCUT2D eigenvalue weighted by atomic mass is 10.2. The normalized spacial score (nSPS) is 10.4. The molecule has 0 spiro atoms. The van der Waals surface area contributed by atoms with Gasteiger partial charge in [0.25, 0.3) is 5.91 Å². The van der Waals surface area contributed by atoms with E-state index in [1.807, 2.05) is 44.2 Å². The Morgan fingerprint density at radius 1 is 1.00 bits per heavy atom. The number of hydrogen-bond donors (Lipinski definition) is 0. The second-order valence-electron chi connectivity index (χ2n) is 6.24. The lowest BCUT2D eigenvalue weighted by Gasteiger charge is -2.26. The van der Waals surface area contributed by atoms with Gasteiger partial charge in [-0.1, -0.05) is 30.3 Å². The molecule has 0 aromatic heterocycles. The van der Waals surface area contributed by atoms with Crippen molar-refractivity contribution in [3.63, 3.8) is 0 Å². The topological polar surface area (TPSA) is 65.1 Å². The number of methoxy groups -OCH3 is 2. The smallest absolute Gasteiger partial charge is 0.342 e. The van der Waals surface area contributed by atoms with Crippen LogP contribution in [0.25, 0.3) is 0 Å². The zero-order valence-corrected chi connectivity index (χ0v) is 16.1. The van der Waals surface area contributed by atoms with Crippen LogP contribution in [0.3, 0.4) is 0 Å². The van der Waals surface area contributed by atoms with E-state index in [1.54, 1.807) is 17.0 Å². The summed E-state index contributed by atoms with van der Waals surface area (Å²) in [7, 11) is 2.97. The summed E-state index contributed by atoms with van der Waals surface area (Å²) in [6.45, 7) is 3.96. The Morgan fingerprint density at radius 2 is 1.70 bits per heavy atom. The van der Waals surface area contributed by atoms with Gasteiger partial charge < -0.3 is 19.1 Å². The lowest BCUT2D eigenvalue weighted by molar-refractivity contribution is -0.136. The van der Waals surface area contributed by atoms with Crippen molar-refractivity contribution in [2.75, 3.05) is 20.8 Å². The predicted octanol–water partition coefficient (Wildman–Crippen LogP) is 3.30.